The van der Waals surface area contributed by atoms with Crippen LogP contribution in [-0.4, -0.2) is 11.7 Å². The molecule has 0 spiro atoms. The molecule has 0 aliphatic carbocycles. The molecule has 0 amide bonds. The third-order valence-corrected chi connectivity index (χ3v) is 0.0913. The van der Waals surface area contributed by atoms with Crippen LogP contribution in [0.25, 0.3) is 0 Å². The summed E-state index contributed by atoms with van der Waals surface area (Å²) in [7, 11) is 0. The van der Waals surface area contributed by atoms with E-state index < -0.39 is 0 Å². The van der Waals surface area contributed by atoms with Gasteiger partial charge in [-0.25, -0.2) is 0 Å². The number of aliphatic hydroxyl groups excluding tert-OH is 1. The largest absolute Gasteiger partial charge is 0.384 e. The van der Waals surface area contributed by atoms with Crippen LogP contribution in [-0.2, 0) is 0 Å². The van der Waals surface area contributed by atoms with Crippen LogP contribution in [0.15, 0.2) is 0 Å². The van der Waals surface area contributed by atoms with Crippen molar-refractivity contribution >= 4 is 0 Å². The Morgan fingerprint density at radius 1 is 1.80 bits per heavy atom. The molecule has 0 atom stereocenters. The van der Waals surface area contributed by atoms with Crippen LogP contribution in [0.5, 0.6) is 0 Å². The first-order valence-corrected chi connectivity index (χ1v) is 0.958. The topological polar surface area (TPSA) is 20.2 Å². The second-order valence-corrected chi connectivity index (χ2v) is 0.362. The maximum Gasteiger partial charge on any atom is 0.103 e. The quantitative estimate of drug-likeness (QED) is 0.407. The maximum atomic E-state index is 7.64. The zero-order valence-electron chi connectivity index (χ0n) is 2.23. The molecule has 0 saturated heterocycles. The Morgan fingerprint density at radius 3 is 2.00 bits per heavy atom. The molecule has 0 saturated carbocycles. The van der Waals surface area contributed by atoms with E-state index in [1.807, 2.05) is 5.92 Å². The van der Waals surface area contributed by atoms with Crippen molar-refractivity contribution in [2.45, 2.75) is 7.43 Å². The van der Waals surface area contributed by atoms with Crippen LogP contribution in [0.3, 0.4) is 0 Å². The lowest BCUT2D eigenvalue weighted by Gasteiger charge is -1.55. The molecule has 0 aliphatic rings. The van der Waals surface area contributed by atoms with Gasteiger partial charge in [0.2, 0.25) is 0 Å². The average molecular weight is 72.1 g/mol. The molecular formula is C4H8O. The van der Waals surface area contributed by atoms with Crippen molar-refractivity contribution in [2.24, 2.45) is 0 Å². The summed E-state index contributed by atoms with van der Waals surface area (Å²) in [5.74, 6) is 1.99. The van der Waals surface area contributed by atoms with Gasteiger partial charge in [-0.2, -0.15) is 0 Å². The number of hydrogen-bond donors (Lipinski definition) is 1. The van der Waals surface area contributed by atoms with Crippen molar-refractivity contribution in [3.8, 4) is 12.3 Å². The predicted molar refractivity (Wildman–Crippen MR) is 22.6 cm³/mol. The van der Waals surface area contributed by atoms with Crippen molar-refractivity contribution in [1.82, 2.24) is 0 Å². The Kier molecular flexibility index (Phi) is 17.1. The van der Waals surface area contributed by atoms with E-state index in [1.165, 1.54) is 0 Å². The van der Waals surface area contributed by atoms with Gasteiger partial charge in [0.25, 0.3) is 0 Å². The van der Waals surface area contributed by atoms with E-state index in [1.54, 1.807) is 0 Å². The zero-order chi connectivity index (χ0) is 3.41. The zero-order valence-corrected chi connectivity index (χ0v) is 2.23. The Hall–Kier alpha value is -0.480. The van der Waals surface area contributed by atoms with E-state index in [9.17, 15) is 0 Å². The van der Waals surface area contributed by atoms with Gasteiger partial charge in [-0.1, -0.05) is 13.3 Å². The fourth-order valence-electron chi connectivity index (χ4n) is 0. The summed E-state index contributed by atoms with van der Waals surface area (Å²) in [6.07, 6.45) is 4.53. The summed E-state index contributed by atoms with van der Waals surface area (Å²) in [5, 5.41) is 7.64. The van der Waals surface area contributed by atoms with E-state index >= 15 is 0 Å². The second-order valence-electron chi connectivity index (χ2n) is 0.362. The highest BCUT2D eigenvalue weighted by Crippen LogP contribution is 1.34. The molecule has 0 aromatic rings. The Balaban J connectivity index is 0. The van der Waals surface area contributed by atoms with Crippen LogP contribution in [0, 0.1) is 12.3 Å². The Bertz CT molecular complexity index is 33.4. The van der Waals surface area contributed by atoms with Crippen molar-refractivity contribution in [3.63, 3.8) is 0 Å². The summed E-state index contributed by atoms with van der Waals surface area (Å²) in [4.78, 5) is 0. The minimum absolute atomic E-state index is 0. The average Bonchev–Trinajstić information content (AvgIpc) is 1.37. The van der Waals surface area contributed by atoms with E-state index in [4.69, 9.17) is 5.11 Å². The first-order valence-electron chi connectivity index (χ1n) is 0.958. The number of terminal acetylenes is 1. The van der Waals surface area contributed by atoms with Crippen LogP contribution in [0.4, 0.5) is 0 Å². The molecule has 30 valence electrons. The van der Waals surface area contributed by atoms with Crippen LogP contribution < -0.4 is 0 Å². The Morgan fingerprint density at radius 2 is 2.00 bits per heavy atom. The molecule has 0 unspecified atom stereocenters. The third kappa shape index (κ3) is 30.1. The minimum atomic E-state index is -0.153. The van der Waals surface area contributed by atoms with Gasteiger partial charge < -0.3 is 5.11 Å². The minimum Gasteiger partial charge on any atom is -0.384 e. The van der Waals surface area contributed by atoms with Gasteiger partial charge in [0.15, 0.2) is 0 Å². The molecule has 0 radical (unpaired) electrons. The fourth-order valence-corrected chi connectivity index (χ4v) is 0. The van der Waals surface area contributed by atoms with Crippen LogP contribution in [0.2, 0.25) is 0 Å². The summed E-state index contributed by atoms with van der Waals surface area (Å²) < 4.78 is 0. The molecule has 0 fully saturated rings. The second kappa shape index (κ2) is 9.68. The third-order valence-electron chi connectivity index (χ3n) is 0.0913. The molecule has 1 N–H and O–H groups in total. The smallest absolute Gasteiger partial charge is 0.103 e. The normalized spacial score (nSPS) is 4.00. The number of rotatable bonds is 0. The molecule has 0 aromatic carbocycles. The molecular weight excluding hydrogens is 64.0 g/mol. The molecule has 5 heavy (non-hydrogen) atoms. The fraction of sp³-hybridized carbons (Fsp3) is 0.500. The highest BCUT2D eigenvalue weighted by atomic mass is 16.2. The van der Waals surface area contributed by atoms with Gasteiger partial charge in [0, 0.05) is 0 Å². The first-order chi connectivity index (χ1) is 1.91. The van der Waals surface area contributed by atoms with Gasteiger partial charge in [-0.15, -0.1) is 6.42 Å². The van der Waals surface area contributed by atoms with Gasteiger partial charge in [-0.3, -0.25) is 0 Å². The van der Waals surface area contributed by atoms with Crippen molar-refractivity contribution < 1.29 is 5.11 Å². The first kappa shape index (κ1) is 8.82. The number of aliphatic hydroxyl groups is 1. The summed E-state index contributed by atoms with van der Waals surface area (Å²) in [6.45, 7) is -0.153. The summed E-state index contributed by atoms with van der Waals surface area (Å²) in [5.41, 5.74) is 0. The van der Waals surface area contributed by atoms with Gasteiger partial charge in [0.1, 0.15) is 6.61 Å². The lowest BCUT2D eigenvalue weighted by atomic mass is 10.8. The highest BCUT2D eigenvalue weighted by Gasteiger charge is 1.43. The molecule has 0 aromatic heterocycles. The van der Waals surface area contributed by atoms with Crippen molar-refractivity contribution in [2.75, 3.05) is 6.61 Å². The van der Waals surface area contributed by atoms with Gasteiger partial charge in [-0.05, 0) is 0 Å². The van der Waals surface area contributed by atoms with Gasteiger partial charge >= 0.3 is 0 Å². The van der Waals surface area contributed by atoms with Crippen LogP contribution >= 0.6 is 0 Å². The standard InChI is InChI=1S/C3H4O.CH4/c1-2-3-4;/h1,4H,3H2;1H4. The van der Waals surface area contributed by atoms with Gasteiger partial charge in [0.05, 0.1) is 0 Å². The molecule has 1 heteroatoms. The lowest BCUT2D eigenvalue weighted by molar-refractivity contribution is 0.351. The van der Waals surface area contributed by atoms with E-state index in [0.717, 1.165) is 0 Å². The van der Waals surface area contributed by atoms with E-state index in [2.05, 4.69) is 6.42 Å². The molecule has 0 rings (SSSR count). The number of hydrogen-bond acceptors (Lipinski definition) is 1. The predicted octanol–water partition coefficient (Wildman–Crippen LogP) is 0.248. The van der Waals surface area contributed by atoms with E-state index in [-0.39, 0.29) is 14.0 Å². The molecule has 0 bridgehead atoms. The summed E-state index contributed by atoms with van der Waals surface area (Å²) in [6, 6.07) is 0. The van der Waals surface area contributed by atoms with Crippen molar-refractivity contribution in [1.29, 1.82) is 0 Å². The summed E-state index contributed by atoms with van der Waals surface area (Å²) >= 11 is 0. The SMILES string of the molecule is C.C#CCO. The molecule has 1 nitrogen and oxygen atoms in total. The van der Waals surface area contributed by atoms with Crippen LogP contribution in [0.1, 0.15) is 7.43 Å². The van der Waals surface area contributed by atoms with Crippen molar-refractivity contribution in [3.05, 3.63) is 0 Å². The molecule has 0 heterocycles. The lowest BCUT2D eigenvalue weighted by Crippen LogP contribution is -1.64. The van der Waals surface area contributed by atoms with E-state index in [0.29, 0.717) is 0 Å². The molecule has 0 aliphatic heterocycles. The Labute approximate surface area is 32.6 Å². The maximum absolute atomic E-state index is 7.64. The highest BCUT2D eigenvalue weighted by molar-refractivity contribution is 4.81. The monoisotopic (exact) mass is 72.1 g/mol.